The van der Waals surface area contributed by atoms with Crippen molar-refractivity contribution in [2.45, 2.75) is 97.4 Å². The van der Waals surface area contributed by atoms with Gasteiger partial charge in [0.15, 0.2) is 11.6 Å². The first-order valence-electron chi connectivity index (χ1n) is 14.4. The van der Waals surface area contributed by atoms with E-state index in [0.717, 1.165) is 30.0 Å². The Balaban J connectivity index is 0.00000533. The number of anilines is 1. The number of nitrogens with zero attached hydrogens (tertiary/aromatic N) is 1. The second-order valence-corrected chi connectivity index (χ2v) is 11.1. The molecule has 0 atom stereocenters. The van der Waals surface area contributed by atoms with E-state index in [4.69, 9.17) is 4.74 Å². The largest absolute Gasteiger partial charge is 0.491 e. The first kappa shape index (κ1) is 33.2. The van der Waals surface area contributed by atoms with Gasteiger partial charge in [-0.25, -0.2) is 4.39 Å². The summed E-state index contributed by atoms with van der Waals surface area (Å²) in [6, 6.07) is 12.2. The Labute approximate surface area is 249 Å². The van der Waals surface area contributed by atoms with Crippen LogP contribution in [0.5, 0.6) is 5.75 Å². The van der Waals surface area contributed by atoms with Gasteiger partial charge in [-0.2, -0.15) is 0 Å². The smallest absolute Gasteiger partial charge is 0.255 e. The number of rotatable bonds is 18. The molecule has 1 N–H and O–H groups in total. The molecule has 7 heteroatoms. The van der Waals surface area contributed by atoms with E-state index in [-0.39, 0.29) is 34.2 Å². The predicted molar refractivity (Wildman–Crippen MR) is 169 cm³/mol. The lowest BCUT2D eigenvalue weighted by atomic mass is 10.1. The number of nitrogens with one attached hydrogen (secondary N) is 1. The van der Waals surface area contributed by atoms with Gasteiger partial charge in [-0.3, -0.25) is 4.79 Å². The van der Waals surface area contributed by atoms with Crippen molar-refractivity contribution in [3.63, 3.8) is 0 Å². The molecule has 0 spiro atoms. The van der Waals surface area contributed by atoms with Crippen LogP contribution in [0.25, 0.3) is 0 Å². The van der Waals surface area contributed by atoms with Crippen molar-refractivity contribution in [3.05, 3.63) is 70.5 Å². The highest BCUT2D eigenvalue weighted by Gasteiger charge is 2.16. The molecule has 2 aromatic rings. The number of allylic oxidation sites excluding steroid dienone is 1. The van der Waals surface area contributed by atoms with Crippen molar-refractivity contribution in [1.82, 2.24) is 4.90 Å². The predicted octanol–water partition coefficient (Wildman–Crippen LogP) is 10.1. The van der Waals surface area contributed by atoms with Gasteiger partial charge in [0.2, 0.25) is 0 Å². The van der Waals surface area contributed by atoms with E-state index in [0.29, 0.717) is 13.2 Å². The molecule has 1 amide bonds. The van der Waals surface area contributed by atoms with E-state index < -0.39 is 5.82 Å². The summed E-state index contributed by atoms with van der Waals surface area (Å²) in [6.07, 6.45) is 15.3. The Morgan fingerprint density at radius 2 is 1.59 bits per heavy atom. The Hall–Kier alpha value is -1.99. The number of carbonyl (C=O) groups excluding carboxylic acids is 1. The fourth-order valence-corrected chi connectivity index (χ4v) is 5.60. The number of hydrogen-bond donors (Lipinski definition) is 1. The monoisotopic (exact) mass is 620 g/mol. The van der Waals surface area contributed by atoms with Gasteiger partial charge in [0.25, 0.3) is 5.91 Å². The standard InChI is InChI=1S/C32H45FN2O2S.BrH/c1-3-4-5-6-7-8-9-10-11-12-13-16-21-37-31-20-19-27(22-29(31)33)32(36)34-30-18-15-14-17-28(30)23-35-25-38-24-26(35)2;/h14-15,17-20,22,24H,3-13,16,21,23,25H2,1-2H3,(H,34,36);1H. The maximum atomic E-state index is 14.7. The van der Waals surface area contributed by atoms with Crippen LogP contribution in [0.4, 0.5) is 10.1 Å². The van der Waals surface area contributed by atoms with Crippen LogP contribution in [-0.4, -0.2) is 23.3 Å². The molecule has 0 fully saturated rings. The van der Waals surface area contributed by atoms with Crippen LogP contribution in [-0.2, 0) is 6.54 Å². The van der Waals surface area contributed by atoms with Crippen molar-refractivity contribution in [2.75, 3.05) is 17.8 Å². The zero-order chi connectivity index (χ0) is 27.0. The van der Waals surface area contributed by atoms with E-state index in [1.807, 2.05) is 24.3 Å². The second kappa shape index (κ2) is 19.1. The number of halogens is 2. The van der Waals surface area contributed by atoms with E-state index >= 15 is 0 Å². The van der Waals surface area contributed by atoms with Crippen LogP contribution in [0.3, 0.4) is 0 Å². The van der Waals surface area contributed by atoms with Gasteiger partial charge in [0, 0.05) is 23.5 Å². The molecular weight excluding hydrogens is 575 g/mol. The minimum Gasteiger partial charge on any atom is -0.491 e. The highest BCUT2D eigenvalue weighted by atomic mass is 79.9. The summed E-state index contributed by atoms with van der Waals surface area (Å²) < 4.78 is 20.3. The molecule has 0 bridgehead atoms. The summed E-state index contributed by atoms with van der Waals surface area (Å²) in [7, 11) is 0. The molecule has 0 saturated carbocycles. The summed E-state index contributed by atoms with van der Waals surface area (Å²) in [6.45, 7) is 5.56. The average Bonchev–Trinajstić information content (AvgIpc) is 3.32. The molecule has 39 heavy (non-hydrogen) atoms. The van der Waals surface area contributed by atoms with E-state index in [1.165, 1.54) is 76.0 Å². The fourth-order valence-electron chi connectivity index (χ4n) is 4.66. The lowest BCUT2D eigenvalue weighted by Crippen LogP contribution is -2.19. The van der Waals surface area contributed by atoms with Crippen molar-refractivity contribution >= 4 is 40.3 Å². The number of hydrogen-bond acceptors (Lipinski definition) is 4. The van der Waals surface area contributed by atoms with E-state index in [9.17, 15) is 9.18 Å². The quantitative estimate of drug-likeness (QED) is 0.168. The first-order valence-corrected chi connectivity index (χ1v) is 15.5. The third kappa shape index (κ3) is 12.0. The second-order valence-electron chi connectivity index (χ2n) is 10.2. The molecule has 1 aliphatic rings. The van der Waals surface area contributed by atoms with Crippen LogP contribution < -0.4 is 10.1 Å². The number of benzene rings is 2. The maximum absolute atomic E-state index is 14.7. The number of amides is 1. The highest BCUT2D eigenvalue weighted by Crippen LogP contribution is 2.27. The summed E-state index contributed by atoms with van der Waals surface area (Å²) in [5.41, 5.74) is 3.27. The molecule has 2 aromatic carbocycles. The number of carbonyl (C=O) groups is 1. The fraction of sp³-hybridized carbons (Fsp3) is 0.531. The lowest BCUT2D eigenvalue weighted by molar-refractivity contribution is 0.102. The molecule has 1 heterocycles. The average molecular weight is 622 g/mol. The van der Waals surface area contributed by atoms with Crippen LogP contribution in [0, 0.1) is 5.82 Å². The number of para-hydroxylation sites is 1. The third-order valence-corrected chi connectivity index (χ3v) is 8.03. The Morgan fingerprint density at radius 3 is 2.21 bits per heavy atom. The molecule has 0 unspecified atom stereocenters. The molecule has 0 radical (unpaired) electrons. The van der Waals surface area contributed by atoms with Crippen molar-refractivity contribution < 1.29 is 13.9 Å². The van der Waals surface area contributed by atoms with Gasteiger partial charge in [-0.1, -0.05) is 95.8 Å². The number of unbranched alkanes of at least 4 members (excludes halogenated alkanes) is 11. The van der Waals surface area contributed by atoms with E-state index in [2.05, 4.69) is 29.5 Å². The lowest BCUT2D eigenvalue weighted by Gasteiger charge is -2.21. The Bertz CT molecular complexity index is 1030. The van der Waals surface area contributed by atoms with Crippen LogP contribution in [0.1, 0.15) is 107 Å². The van der Waals surface area contributed by atoms with Crippen LogP contribution in [0.15, 0.2) is 53.6 Å². The van der Waals surface area contributed by atoms with E-state index in [1.54, 1.807) is 23.9 Å². The molecule has 0 aromatic heterocycles. The summed E-state index contributed by atoms with van der Waals surface area (Å²) in [5, 5.41) is 5.10. The molecule has 0 saturated heterocycles. The number of ether oxygens (including phenoxy) is 1. The first-order chi connectivity index (χ1) is 18.6. The van der Waals surface area contributed by atoms with Crippen molar-refractivity contribution in [1.29, 1.82) is 0 Å². The van der Waals surface area contributed by atoms with Gasteiger partial charge >= 0.3 is 0 Å². The zero-order valence-electron chi connectivity index (χ0n) is 23.7. The maximum Gasteiger partial charge on any atom is 0.255 e. The summed E-state index contributed by atoms with van der Waals surface area (Å²) in [5.74, 6) is 0.283. The normalized spacial score (nSPS) is 12.7. The molecule has 1 aliphatic heterocycles. The van der Waals surface area contributed by atoms with Gasteiger partial charge < -0.3 is 15.0 Å². The van der Waals surface area contributed by atoms with Gasteiger partial charge in [-0.15, -0.1) is 28.7 Å². The van der Waals surface area contributed by atoms with Gasteiger partial charge in [0.05, 0.1) is 12.5 Å². The van der Waals surface area contributed by atoms with Crippen molar-refractivity contribution in [3.8, 4) is 5.75 Å². The summed E-state index contributed by atoms with van der Waals surface area (Å²) in [4.78, 5) is 15.1. The SMILES string of the molecule is Br.CCCCCCCCCCCCCCOc1ccc(C(=O)Nc2ccccc2CN2CSC=C2C)cc1F. The highest BCUT2D eigenvalue weighted by molar-refractivity contribution is 8.93. The molecule has 4 nitrogen and oxygen atoms in total. The van der Waals surface area contributed by atoms with Crippen LogP contribution in [0.2, 0.25) is 0 Å². The number of thioether (sulfide) groups is 1. The van der Waals surface area contributed by atoms with Crippen molar-refractivity contribution in [2.24, 2.45) is 0 Å². The van der Waals surface area contributed by atoms with Gasteiger partial charge in [-0.05, 0) is 48.6 Å². The summed E-state index contributed by atoms with van der Waals surface area (Å²) >= 11 is 1.77. The minimum atomic E-state index is -0.500. The van der Waals surface area contributed by atoms with Crippen LogP contribution >= 0.6 is 28.7 Å². The minimum absolute atomic E-state index is 0. The third-order valence-electron chi connectivity index (χ3n) is 7.06. The topological polar surface area (TPSA) is 41.6 Å². The molecular formula is C32H46BrFN2O2S. The Kier molecular flexibility index (Phi) is 16.3. The Morgan fingerprint density at radius 1 is 0.949 bits per heavy atom. The molecule has 0 aliphatic carbocycles. The van der Waals surface area contributed by atoms with Gasteiger partial charge in [0.1, 0.15) is 0 Å². The zero-order valence-corrected chi connectivity index (χ0v) is 26.2. The molecule has 216 valence electrons. The molecule has 3 rings (SSSR count).